The third-order valence-corrected chi connectivity index (χ3v) is 7.78. The fraction of sp³-hybridized carbons (Fsp3) is 0.435. The van der Waals surface area contributed by atoms with Crippen molar-refractivity contribution >= 4 is 45.8 Å². The van der Waals surface area contributed by atoms with Gasteiger partial charge < -0.3 is 26.2 Å². The third kappa shape index (κ3) is 2.93. The van der Waals surface area contributed by atoms with Crippen molar-refractivity contribution < 1.29 is 34.8 Å². The Bertz CT molecular complexity index is 1170. The van der Waals surface area contributed by atoms with Crippen LogP contribution in [0.4, 0.5) is 0 Å². The minimum atomic E-state index is -2.54. The van der Waals surface area contributed by atoms with Crippen LogP contribution < -0.4 is 5.73 Å². The highest BCUT2D eigenvalue weighted by atomic mass is 127. The first kappa shape index (κ1) is 22.8. The van der Waals surface area contributed by atoms with E-state index < -0.39 is 57.4 Å². The van der Waals surface area contributed by atoms with Crippen LogP contribution in [-0.4, -0.2) is 43.5 Å². The Kier molecular flexibility index (Phi) is 5.02. The zero-order chi connectivity index (χ0) is 23.9. The molecule has 9 heteroatoms. The fourth-order valence-corrected chi connectivity index (χ4v) is 6.02. The highest BCUT2D eigenvalue weighted by Crippen LogP contribution is 2.53. The summed E-state index contributed by atoms with van der Waals surface area (Å²) in [5.41, 5.74) is 2.70. The number of aromatic hydroxyl groups is 1. The Morgan fingerprint density at radius 1 is 1.19 bits per heavy atom. The van der Waals surface area contributed by atoms with E-state index in [4.69, 9.17) is 5.73 Å². The van der Waals surface area contributed by atoms with Gasteiger partial charge in [-0.25, -0.2) is 0 Å². The van der Waals surface area contributed by atoms with Crippen LogP contribution in [0.2, 0.25) is 0 Å². The van der Waals surface area contributed by atoms with Gasteiger partial charge in [-0.2, -0.15) is 0 Å². The molecular formula is C23H24INO7. The van der Waals surface area contributed by atoms with Crippen molar-refractivity contribution in [3.63, 3.8) is 0 Å². The summed E-state index contributed by atoms with van der Waals surface area (Å²) in [5.74, 6) is -6.10. The molecule has 0 saturated heterocycles. The molecule has 6 N–H and O–H groups in total. The number of rotatable bonds is 1. The van der Waals surface area contributed by atoms with E-state index in [0.29, 0.717) is 17.5 Å². The van der Waals surface area contributed by atoms with Gasteiger partial charge in [0.05, 0.1) is 5.56 Å². The Hall–Kier alpha value is -2.40. The molecule has 0 aliphatic heterocycles. The van der Waals surface area contributed by atoms with Crippen LogP contribution in [0.3, 0.4) is 0 Å². The molecule has 32 heavy (non-hydrogen) atoms. The molecule has 170 valence electrons. The number of ketones is 2. The zero-order valence-corrected chi connectivity index (χ0v) is 20.0. The van der Waals surface area contributed by atoms with E-state index >= 15 is 0 Å². The molecule has 1 amide bonds. The van der Waals surface area contributed by atoms with E-state index in [2.05, 4.69) is 22.6 Å². The number of carbonyl (C=O) groups is 3. The Morgan fingerprint density at radius 2 is 1.81 bits per heavy atom. The van der Waals surface area contributed by atoms with Crippen LogP contribution in [0, 0.1) is 15.4 Å². The predicted molar refractivity (Wildman–Crippen MR) is 123 cm³/mol. The topological polar surface area (TPSA) is 158 Å². The van der Waals surface area contributed by atoms with Crippen LogP contribution in [0.5, 0.6) is 5.75 Å². The molecule has 1 unspecified atom stereocenters. The summed E-state index contributed by atoms with van der Waals surface area (Å²) in [6.07, 6.45) is 0.110. The minimum absolute atomic E-state index is 0.126. The summed E-state index contributed by atoms with van der Waals surface area (Å²) in [6, 6.07) is 1.85. The number of hydrogen-bond acceptors (Lipinski definition) is 7. The van der Waals surface area contributed by atoms with Crippen LogP contribution in [0.15, 0.2) is 23.0 Å². The number of Topliss-reactive ketones (excluding diaryl/α,β-unsaturated/α-hetero) is 2. The van der Waals surface area contributed by atoms with Crippen LogP contribution in [0.25, 0.3) is 5.76 Å². The van der Waals surface area contributed by atoms with E-state index in [-0.39, 0.29) is 29.7 Å². The normalized spacial score (nSPS) is 27.8. The quantitative estimate of drug-likeness (QED) is 0.264. The lowest BCUT2D eigenvalue weighted by Gasteiger charge is -2.46. The number of benzene rings is 1. The first-order valence-electron chi connectivity index (χ1n) is 10.2. The van der Waals surface area contributed by atoms with Gasteiger partial charge in [0.1, 0.15) is 22.8 Å². The monoisotopic (exact) mass is 553 g/mol. The molecule has 0 radical (unpaired) electrons. The van der Waals surface area contributed by atoms with Crippen molar-refractivity contribution in [2.24, 2.45) is 17.6 Å². The standard InChI is InChI=1S/C23H24INO7/c1-22(2,3)11-7-12(24)10-5-8-4-9-6-13(26)16(21(25)31)20(30)23(9,32)19(29)14(8)18(28)15(10)17(11)27/h7-9,27-28,30,32H,4-6H2,1-3H3,(H2,25,31)/t8-,9?,23+/m1/s1. The molecule has 1 aromatic rings. The molecule has 8 nitrogen and oxygen atoms in total. The predicted octanol–water partition coefficient (Wildman–Crippen LogP) is 2.33. The molecule has 3 aliphatic carbocycles. The van der Waals surface area contributed by atoms with E-state index in [1.54, 1.807) is 0 Å². The van der Waals surface area contributed by atoms with E-state index in [0.717, 1.165) is 3.57 Å². The molecule has 0 aromatic heterocycles. The maximum Gasteiger partial charge on any atom is 0.255 e. The average molecular weight is 553 g/mol. The van der Waals surface area contributed by atoms with E-state index in [1.165, 1.54) is 0 Å². The Balaban J connectivity index is 1.97. The molecule has 3 aliphatic rings. The zero-order valence-electron chi connectivity index (χ0n) is 17.8. The lowest BCUT2D eigenvalue weighted by molar-refractivity contribution is -0.147. The second kappa shape index (κ2) is 7.05. The van der Waals surface area contributed by atoms with Crippen molar-refractivity contribution in [2.75, 3.05) is 0 Å². The summed E-state index contributed by atoms with van der Waals surface area (Å²) in [7, 11) is 0. The van der Waals surface area contributed by atoms with Crippen molar-refractivity contribution in [3.05, 3.63) is 43.2 Å². The smallest absolute Gasteiger partial charge is 0.255 e. The van der Waals surface area contributed by atoms with Crippen molar-refractivity contribution in [1.82, 2.24) is 0 Å². The number of aliphatic hydroxyl groups is 3. The number of nitrogens with two attached hydrogens (primary N) is 1. The summed E-state index contributed by atoms with van der Waals surface area (Å²) in [6.45, 7) is 5.73. The number of hydrogen-bond donors (Lipinski definition) is 5. The third-order valence-electron chi connectivity index (χ3n) is 6.82. The molecule has 1 fully saturated rings. The highest BCUT2D eigenvalue weighted by Gasteiger charge is 2.60. The summed E-state index contributed by atoms with van der Waals surface area (Å²) >= 11 is 2.13. The van der Waals surface area contributed by atoms with Crippen LogP contribution in [-0.2, 0) is 26.2 Å². The molecular weight excluding hydrogens is 529 g/mol. The molecule has 1 aromatic carbocycles. The van der Waals surface area contributed by atoms with Crippen molar-refractivity contribution in [3.8, 4) is 5.75 Å². The van der Waals surface area contributed by atoms with Crippen molar-refractivity contribution in [2.45, 2.75) is 51.0 Å². The van der Waals surface area contributed by atoms with Gasteiger partial charge in [-0.15, -0.1) is 0 Å². The minimum Gasteiger partial charge on any atom is -0.508 e. The molecule has 0 heterocycles. The number of aliphatic hydroxyl groups excluding tert-OH is 2. The Labute approximate surface area is 198 Å². The van der Waals surface area contributed by atoms with Gasteiger partial charge in [0.2, 0.25) is 5.78 Å². The summed E-state index contributed by atoms with van der Waals surface area (Å²) in [4.78, 5) is 37.5. The van der Waals surface area contributed by atoms with Gasteiger partial charge in [0, 0.05) is 27.0 Å². The fourth-order valence-electron chi connectivity index (χ4n) is 5.22. The second-order valence-electron chi connectivity index (χ2n) is 9.76. The highest BCUT2D eigenvalue weighted by molar-refractivity contribution is 14.1. The Morgan fingerprint density at radius 3 is 2.38 bits per heavy atom. The van der Waals surface area contributed by atoms with Gasteiger partial charge in [-0.3, -0.25) is 14.4 Å². The van der Waals surface area contributed by atoms with Gasteiger partial charge >= 0.3 is 0 Å². The first-order valence-corrected chi connectivity index (χ1v) is 11.3. The average Bonchev–Trinajstić information content (AvgIpc) is 2.66. The number of primary amides is 1. The first-order chi connectivity index (χ1) is 14.7. The largest absolute Gasteiger partial charge is 0.508 e. The lowest BCUT2D eigenvalue weighted by atomic mass is 9.59. The SMILES string of the molecule is CC(C)(C)c1cc(I)c2c(c1O)C(O)=C1C(=O)[C@]3(O)C(O)=C(C(N)=O)C(=O)CC3C[C@@H]1C2. The number of halogens is 1. The number of phenolic OH excluding ortho intramolecular Hbond substituents is 1. The van der Waals surface area contributed by atoms with Gasteiger partial charge in [-0.05, 0) is 58.4 Å². The summed E-state index contributed by atoms with van der Waals surface area (Å²) in [5, 5.41) is 44.0. The maximum atomic E-state index is 13.5. The number of carbonyl (C=O) groups excluding carboxylic acids is 3. The number of fused-ring (bicyclic) bond motifs is 3. The van der Waals surface area contributed by atoms with Gasteiger partial charge in [0.15, 0.2) is 11.4 Å². The molecule has 0 bridgehead atoms. The number of phenols is 1. The summed E-state index contributed by atoms with van der Waals surface area (Å²) < 4.78 is 0.817. The second-order valence-corrected chi connectivity index (χ2v) is 10.9. The van der Waals surface area contributed by atoms with Crippen molar-refractivity contribution in [1.29, 1.82) is 0 Å². The van der Waals surface area contributed by atoms with E-state index in [1.807, 2.05) is 26.8 Å². The van der Waals surface area contributed by atoms with E-state index in [9.17, 15) is 34.8 Å². The van der Waals surface area contributed by atoms with Gasteiger partial charge in [0.25, 0.3) is 5.91 Å². The molecule has 3 atom stereocenters. The maximum absolute atomic E-state index is 13.5. The van der Waals surface area contributed by atoms with Crippen LogP contribution in [0.1, 0.15) is 50.3 Å². The molecule has 4 rings (SSSR count). The molecule has 0 spiro atoms. The lowest BCUT2D eigenvalue weighted by Crippen LogP contribution is -2.58. The molecule has 1 saturated carbocycles. The number of amides is 1. The van der Waals surface area contributed by atoms with Crippen LogP contribution >= 0.6 is 22.6 Å². The van der Waals surface area contributed by atoms with Gasteiger partial charge in [-0.1, -0.05) is 20.8 Å².